The first-order valence-electron chi connectivity index (χ1n) is 10.7. The molecule has 1 aliphatic heterocycles. The van der Waals surface area contributed by atoms with Gasteiger partial charge in [-0.25, -0.2) is 5.32 Å². The topological polar surface area (TPSA) is 20.6 Å². The van der Waals surface area contributed by atoms with Crippen molar-refractivity contribution in [2.24, 2.45) is 0 Å². The van der Waals surface area contributed by atoms with Gasteiger partial charge in [-0.1, -0.05) is 57.7 Å². The Balaban J connectivity index is 2.35. The maximum atomic E-state index is 5.29. The van der Waals surface area contributed by atoms with Crippen molar-refractivity contribution < 1.29 is 0 Å². The Kier molecular flexibility index (Phi) is 8.59. The highest BCUT2D eigenvalue weighted by Gasteiger charge is 2.42. The zero-order valence-electron chi connectivity index (χ0n) is 17.9. The normalized spacial score (nSPS) is 21.5. The Morgan fingerprint density at radius 1 is 1.00 bits per heavy atom. The number of piperazine rings is 1. The molecule has 0 spiro atoms. The largest absolute Gasteiger partial charge is 0.301 e. The molecule has 1 aromatic rings. The lowest BCUT2D eigenvalue weighted by molar-refractivity contribution is -0.00907. The predicted molar refractivity (Wildman–Crippen MR) is 113 cm³/mol. The summed E-state index contributed by atoms with van der Waals surface area (Å²) in [5, 5.41) is 5.29. The second kappa shape index (κ2) is 10.4. The molecule has 3 heteroatoms. The summed E-state index contributed by atoms with van der Waals surface area (Å²) < 4.78 is 0. The fourth-order valence-corrected chi connectivity index (χ4v) is 4.05. The highest BCUT2D eigenvalue weighted by Crippen LogP contribution is 2.32. The quantitative estimate of drug-likeness (QED) is 0.566. The molecule has 1 radical (unpaired) electrons. The van der Waals surface area contributed by atoms with Gasteiger partial charge in [0.2, 0.25) is 0 Å². The van der Waals surface area contributed by atoms with Gasteiger partial charge in [0.15, 0.2) is 0 Å². The summed E-state index contributed by atoms with van der Waals surface area (Å²) in [5.41, 5.74) is 3.97. The smallest absolute Gasteiger partial charge is 0.126 e. The minimum Gasteiger partial charge on any atom is -0.301 e. The molecular formula is C23H40N3. The maximum absolute atomic E-state index is 5.29. The van der Waals surface area contributed by atoms with Crippen molar-refractivity contribution >= 4 is 0 Å². The molecule has 26 heavy (non-hydrogen) atoms. The van der Waals surface area contributed by atoms with Crippen LogP contribution < -0.4 is 5.32 Å². The van der Waals surface area contributed by atoms with Gasteiger partial charge in [0.05, 0.1) is 0 Å². The SMILES string of the molecule is CCCCCN(CCCCC)C1(c2ccc(C)c(C)c2)CN(C)CC[N]1. The lowest BCUT2D eigenvalue weighted by atomic mass is 9.91. The van der Waals surface area contributed by atoms with Gasteiger partial charge >= 0.3 is 0 Å². The van der Waals surface area contributed by atoms with Crippen LogP contribution in [0.15, 0.2) is 18.2 Å². The number of hydrogen-bond acceptors (Lipinski definition) is 2. The van der Waals surface area contributed by atoms with Gasteiger partial charge in [0.25, 0.3) is 0 Å². The maximum Gasteiger partial charge on any atom is 0.126 e. The molecule has 1 aliphatic rings. The highest BCUT2D eigenvalue weighted by molar-refractivity contribution is 5.34. The summed E-state index contributed by atoms with van der Waals surface area (Å²) >= 11 is 0. The van der Waals surface area contributed by atoms with Crippen molar-refractivity contribution in [2.75, 3.05) is 39.8 Å². The fourth-order valence-electron chi connectivity index (χ4n) is 4.05. The van der Waals surface area contributed by atoms with Gasteiger partial charge < -0.3 is 4.90 Å². The highest BCUT2D eigenvalue weighted by atomic mass is 15.4. The van der Waals surface area contributed by atoms with Crippen LogP contribution in [0.25, 0.3) is 0 Å². The first-order valence-corrected chi connectivity index (χ1v) is 10.7. The second-order valence-corrected chi connectivity index (χ2v) is 8.14. The van der Waals surface area contributed by atoms with Crippen molar-refractivity contribution in [1.29, 1.82) is 0 Å². The average molecular weight is 359 g/mol. The van der Waals surface area contributed by atoms with Crippen molar-refractivity contribution in [1.82, 2.24) is 15.1 Å². The third-order valence-corrected chi connectivity index (χ3v) is 5.90. The summed E-state index contributed by atoms with van der Waals surface area (Å²) in [6, 6.07) is 7.01. The number of hydrogen-bond donors (Lipinski definition) is 0. The molecule has 1 saturated heterocycles. The van der Waals surface area contributed by atoms with Crippen LogP contribution in [0.4, 0.5) is 0 Å². The number of unbranched alkanes of at least 4 members (excludes halogenated alkanes) is 4. The third-order valence-electron chi connectivity index (χ3n) is 5.90. The van der Waals surface area contributed by atoms with E-state index in [2.05, 4.69) is 62.7 Å². The predicted octanol–water partition coefficient (Wildman–Crippen LogP) is 4.69. The molecular weight excluding hydrogens is 318 g/mol. The number of aryl methyl sites for hydroxylation is 2. The van der Waals surface area contributed by atoms with Crippen LogP contribution in [-0.4, -0.2) is 49.6 Å². The van der Waals surface area contributed by atoms with Gasteiger partial charge in [-0.15, -0.1) is 0 Å². The van der Waals surface area contributed by atoms with E-state index in [0.717, 1.165) is 32.7 Å². The Hall–Kier alpha value is -0.900. The first kappa shape index (κ1) is 21.4. The Morgan fingerprint density at radius 3 is 2.19 bits per heavy atom. The van der Waals surface area contributed by atoms with E-state index in [1.807, 2.05) is 0 Å². The van der Waals surface area contributed by atoms with Crippen LogP contribution in [0.5, 0.6) is 0 Å². The van der Waals surface area contributed by atoms with E-state index >= 15 is 0 Å². The van der Waals surface area contributed by atoms with Crippen molar-refractivity contribution in [2.45, 2.75) is 71.9 Å². The molecule has 0 saturated carbocycles. The van der Waals surface area contributed by atoms with Gasteiger partial charge in [0.1, 0.15) is 5.66 Å². The van der Waals surface area contributed by atoms with E-state index in [1.54, 1.807) is 0 Å². The standard InChI is InChI=1S/C23H40N3/c1-6-8-10-15-26(16-11-9-7-2)23(19-25(5)17-14-24-23)22-13-12-20(3)21(4)18-22/h12-13,18H,6-11,14-17,19H2,1-5H3. The van der Waals surface area contributed by atoms with Crippen molar-refractivity contribution in [3.05, 3.63) is 34.9 Å². The number of rotatable bonds is 10. The fraction of sp³-hybridized carbons (Fsp3) is 0.739. The molecule has 147 valence electrons. The second-order valence-electron chi connectivity index (χ2n) is 8.14. The molecule has 0 aromatic heterocycles. The minimum absolute atomic E-state index is 0.174. The van der Waals surface area contributed by atoms with Gasteiger partial charge in [-0.3, -0.25) is 4.90 Å². The van der Waals surface area contributed by atoms with Crippen LogP contribution >= 0.6 is 0 Å². The molecule has 0 aliphatic carbocycles. The van der Waals surface area contributed by atoms with Crippen molar-refractivity contribution in [3.63, 3.8) is 0 Å². The summed E-state index contributed by atoms with van der Waals surface area (Å²) in [6.07, 6.45) is 7.71. The molecule has 2 rings (SSSR count). The molecule has 1 unspecified atom stereocenters. The van der Waals surface area contributed by atoms with Gasteiger partial charge in [-0.05, 0) is 50.4 Å². The Morgan fingerprint density at radius 2 is 1.65 bits per heavy atom. The van der Waals surface area contributed by atoms with Crippen LogP contribution in [0.3, 0.4) is 0 Å². The first-order chi connectivity index (χ1) is 12.5. The Labute approximate surface area is 162 Å². The Bertz CT molecular complexity index is 532. The molecule has 1 atom stereocenters. The van der Waals surface area contributed by atoms with E-state index in [1.165, 1.54) is 55.2 Å². The van der Waals surface area contributed by atoms with Crippen molar-refractivity contribution in [3.8, 4) is 0 Å². The van der Waals surface area contributed by atoms with E-state index in [0.29, 0.717) is 0 Å². The van der Waals surface area contributed by atoms with Crippen LogP contribution in [0, 0.1) is 13.8 Å². The van der Waals surface area contributed by atoms with E-state index < -0.39 is 0 Å². The van der Waals surface area contributed by atoms with Crippen LogP contribution in [-0.2, 0) is 5.66 Å². The van der Waals surface area contributed by atoms with Crippen LogP contribution in [0.2, 0.25) is 0 Å². The van der Waals surface area contributed by atoms with E-state index in [-0.39, 0.29) is 5.66 Å². The minimum atomic E-state index is -0.174. The molecule has 0 bridgehead atoms. The van der Waals surface area contributed by atoms with Crippen LogP contribution in [0.1, 0.15) is 69.1 Å². The molecule has 1 heterocycles. The number of benzene rings is 1. The van der Waals surface area contributed by atoms with Gasteiger partial charge in [0, 0.05) is 32.7 Å². The molecule has 1 aromatic carbocycles. The average Bonchev–Trinajstić information content (AvgIpc) is 2.63. The lowest BCUT2D eigenvalue weighted by Gasteiger charge is -2.49. The zero-order valence-corrected chi connectivity index (χ0v) is 17.9. The summed E-state index contributed by atoms with van der Waals surface area (Å²) in [5.74, 6) is 0. The van der Waals surface area contributed by atoms with E-state index in [4.69, 9.17) is 5.32 Å². The zero-order chi connectivity index (χ0) is 19.0. The molecule has 1 fully saturated rings. The number of likely N-dealkylation sites (N-methyl/N-ethyl adjacent to an activating group) is 1. The molecule has 3 nitrogen and oxygen atoms in total. The summed E-state index contributed by atoms with van der Waals surface area (Å²) in [6.45, 7) is 14.3. The summed E-state index contributed by atoms with van der Waals surface area (Å²) in [7, 11) is 2.25. The lowest BCUT2D eigenvalue weighted by Crippen LogP contribution is -2.63. The van der Waals surface area contributed by atoms with Gasteiger partial charge in [-0.2, -0.15) is 0 Å². The van der Waals surface area contributed by atoms with E-state index in [9.17, 15) is 0 Å². The molecule has 0 amide bonds. The number of nitrogens with zero attached hydrogens (tertiary/aromatic N) is 3. The molecule has 0 N–H and O–H groups in total. The summed E-state index contributed by atoms with van der Waals surface area (Å²) in [4.78, 5) is 5.17. The monoisotopic (exact) mass is 358 g/mol. The third kappa shape index (κ3) is 5.31.